The highest BCUT2D eigenvalue weighted by Crippen LogP contribution is 2.37. The topological polar surface area (TPSA) is 49.4 Å². The Hall–Kier alpha value is -2.33. The summed E-state index contributed by atoms with van der Waals surface area (Å²) in [6.45, 7) is 4.77. The Morgan fingerprint density at radius 3 is 2.62 bits per heavy atom. The van der Waals surface area contributed by atoms with Crippen molar-refractivity contribution in [3.05, 3.63) is 70.2 Å². The first-order chi connectivity index (χ1) is 14.0. The lowest BCUT2D eigenvalue weighted by molar-refractivity contribution is -0.127. The third-order valence-corrected chi connectivity index (χ3v) is 7.01. The van der Waals surface area contributed by atoms with Gasteiger partial charge in [-0.3, -0.25) is 9.59 Å². The molecule has 1 heterocycles. The van der Waals surface area contributed by atoms with E-state index in [-0.39, 0.29) is 17.9 Å². The van der Waals surface area contributed by atoms with Gasteiger partial charge >= 0.3 is 0 Å². The number of carbonyl (C=O) groups excluding carboxylic acids is 2. The molecule has 4 atom stereocenters. The molecule has 2 aromatic rings. The molecule has 0 radical (unpaired) electrons. The SMILES string of the molecule is C[C@@H]1[C@H](C)CCC[C@@H]1NC(=O)[C@H]1c2ccccc2C(=O)N1Cc1ccccc1Cl. The Balaban J connectivity index is 1.63. The number of nitrogens with zero attached hydrogens (tertiary/aromatic N) is 1. The lowest BCUT2D eigenvalue weighted by Crippen LogP contribution is -2.48. The van der Waals surface area contributed by atoms with Crippen LogP contribution in [-0.2, 0) is 11.3 Å². The third-order valence-electron chi connectivity index (χ3n) is 6.64. The second-order valence-corrected chi connectivity index (χ2v) is 8.80. The zero-order valence-electron chi connectivity index (χ0n) is 16.9. The van der Waals surface area contributed by atoms with Gasteiger partial charge in [0.1, 0.15) is 6.04 Å². The molecule has 152 valence electrons. The van der Waals surface area contributed by atoms with Gasteiger partial charge in [-0.2, -0.15) is 0 Å². The van der Waals surface area contributed by atoms with Gasteiger partial charge < -0.3 is 10.2 Å². The predicted molar refractivity (Wildman–Crippen MR) is 115 cm³/mol. The Kier molecular flexibility index (Phi) is 5.64. The lowest BCUT2D eigenvalue weighted by Gasteiger charge is -2.36. The van der Waals surface area contributed by atoms with Crippen molar-refractivity contribution >= 4 is 23.4 Å². The van der Waals surface area contributed by atoms with E-state index in [1.165, 1.54) is 6.42 Å². The van der Waals surface area contributed by atoms with Gasteiger partial charge in [0.15, 0.2) is 0 Å². The molecule has 1 fully saturated rings. The van der Waals surface area contributed by atoms with Crippen LogP contribution >= 0.6 is 11.6 Å². The highest BCUT2D eigenvalue weighted by molar-refractivity contribution is 6.31. The zero-order chi connectivity index (χ0) is 20.5. The quantitative estimate of drug-likeness (QED) is 0.772. The number of amides is 2. The first-order valence-corrected chi connectivity index (χ1v) is 10.8. The Bertz CT molecular complexity index is 929. The van der Waals surface area contributed by atoms with Gasteiger partial charge in [-0.25, -0.2) is 0 Å². The molecule has 1 saturated carbocycles. The highest BCUT2D eigenvalue weighted by Gasteiger charge is 2.42. The molecule has 0 unspecified atom stereocenters. The average Bonchev–Trinajstić information content (AvgIpc) is 2.99. The van der Waals surface area contributed by atoms with Crippen LogP contribution in [0.5, 0.6) is 0 Å². The fourth-order valence-electron chi connectivity index (χ4n) is 4.67. The molecule has 0 spiro atoms. The van der Waals surface area contributed by atoms with Gasteiger partial charge in [0, 0.05) is 23.2 Å². The van der Waals surface area contributed by atoms with Gasteiger partial charge in [0.05, 0.1) is 0 Å². The van der Waals surface area contributed by atoms with Crippen LogP contribution in [0, 0.1) is 11.8 Å². The molecule has 4 rings (SSSR count). The van der Waals surface area contributed by atoms with Crippen LogP contribution in [-0.4, -0.2) is 22.8 Å². The van der Waals surface area contributed by atoms with Gasteiger partial charge in [-0.15, -0.1) is 0 Å². The van der Waals surface area contributed by atoms with Gasteiger partial charge in [0.2, 0.25) is 5.91 Å². The lowest BCUT2D eigenvalue weighted by atomic mass is 9.78. The van der Waals surface area contributed by atoms with Gasteiger partial charge in [0.25, 0.3) is 5.91 Å². The largest absolute Gasteiger partial charge is 0.351 e. The summed E-state index contributed by atoms with van der Waals surface area (Å²) in [6.07, 6.45) is 3.32. The van der Waals surface area contributed by atoms with Crippen LogP contribution in [0.4, 0.5) is 0 Å². The Labute approximate surface area is 177 Å². The predicted octanol–water partition coefficient (Wildman–Crippen LogP) is 4.98. The molecule has 1 aliphatic carbocycles. The van der Waals surface area contributed by atoms with E-state index < -0.39 is 6.04 Å². The minimum Gasteiger partial charge on any atom is -0.351 e. The fraction of sp³-hybridized carbons (Fsp3) is 0.417. The molecule has 1 aliphatic heterocycles. The zero-order valence-corrected chi connectivity index (χ0v) is 17.7. The molecule has 2 aliphatic rings. The molecule has 2 aromatic carbocycles. The maximum absolute atomic E-state index is 13.4. The minimum absolute atomic E-state index is 0.0960. The van der Waals surface area contributed by atoms with Crippen molar-refractivity contribution in [2.45, 2.75) is 51.7 Å². The maximum Gasteiger partial charge on any atom is 0.255 e. The van der Waals surface area contributed by atoms with Crippen LogP contribution in [0.15, 0.2) is 48.5 Å². The Morgan fingerprint density at radius 1 is 1.10 bits per heavy atom. The molecule has 2 amide bonds. The van der Waals surface area contributed by atoms with E-state index in [4.69, 9.17) is 11.6 Å². The monoisotopic (exact) mass is 410 g/mol. The number of hydrogen-bond acceptors (Lipinski definition) is 2. The smallest absolute Gasteiger partial charge is 0.255 e. The van der Waals surface area contributed by atoms with Crippen molar-refractivity contribution in [2.24, 2.45) is 11.8 Å². The molecule has 0 bridgehead atoms. The molecule has 0 aromatic heterocycles. The van der Waals surface area contributed by atoms with E-state index in [2.05, 4.69) is 19.2 Å². The minimum atomic E-state index is -0.626. The van der Waals surface area contributed by atoms with Crippen LogP contribution in [0.25, 0.3) is 0 Å². The number of halogens is 1. The summed E-state index contributed by atoms with van der Waals surface area (Å²) in [6, 6.07) is 14.4. The van der Waals surface area contributed by atoms with Crippen molar-refractivity contribution in [1.82, 2.24) is 10.2 Å². The number of nitrogens with one attached hydrogen (secondary N) is 1. The van der Waals surface area contributed by atoms with Crippen LogP contribution in [0.1, 0.15) is 60.6 Å². The van der Waals surface area contributed by atoms with Crippen molar-refractivity contribution in [3.8, 4) is 0 Å². The van der Waals surface area contributed by atoms with E-state index >= 15 is 0 Å². The summed E-state index contributed by atoms with van der Waals surface area (Å²) in [5.41, 5.74) is 2.22. The number of hydrogen-bond donors (Lipinski definition) is 1. The Morgan fingerprint density at radius 2 is 1.83 bits per heavy atom. The van der Waals surface area contributed by atoms with E-state index in [9.17, 15) is 9.59 Å². The van der Waals surface area contributed by atoms with E-state index in [1.54, 1.807) is 11.0 Å². The van der Waals surface area contributed by atoms with Gasteiger partial charge in [-0.05, 0) is 41.5 Å². The second-order valence-electron chi connectivity index (χ2n) is 8.40. The number of carbonyl (C=O) groups is 2. The molecular weight excluding hydrogens is 384 g/mol. The third kappa shape index (κ3) is 3.78. The summed E-state index contributed by atoms with van der Waals surface area (Å²) in [7, 11) is 0. The molecule has 1 N–H and O–H groups in total. The van der Waals surface area contributed by atoms with E-state index in [0.29, 0.717) is 29.0 Å². The van der Waals surface area contributed by atoms with Crippen molar-refractivity contribution < 1.29 is 9.59 Å². The number of fused-ring (bicyclic) bond motifs is 1. The fourth-order valence-corrected chi connectivity index (χ4v) is 4.87. The molecular formula is C24H27ClN2O2. The van der Waals surface area contributed by atoms with E-state index in [0.717, 1.165) is 24.0 Å². The van der Waals surface area contributed by atoms with Crippen LogP contribution < -0.4 is 5.32 Å². The summed E-state index contributed by atoms with van der Waals surface area (Å²) in [5, 5.41) is 3.87. The van der Waals surface area contributed by atoms with Crippen LogP contribution in [0.2, 0.25) is 5.02 Å². The second kappa shape index (κ2) is 8.19. The molecule has 0 saturated heterocycles. The summed E-state index contributed by atoms with van der Waals surface area (Å²) >= 11 is 6.34. The first-order valence-electron chi connectivity index (χ1n) is 10.4. The summed E-state index contributed by atoms with van der Waals surface area (Å²) in [4.78, 5) is 28.2. The average molecular weight is 411 g/mol. The summed E-state index contributed by atoms with van der Waals surface area (Å²) < 4.78 is 0. The first kappa shape index (κ1) is 20.0. The molecule has 5 heteroatoms. The van der Waals surface area contributed by atoms with Crippen molar-refractivity contribution in [2.75, 3.05) is 0 Å². The maximum atomic E-state index is 13.4. The molecule has 4 nitrogen and oxygen atoms in total. The van der Waals surface area contributed by atoms with Crippen LogP contribution in [0.3, 0.4) is 0 Å². The van der Waals surface area contributed by atoms with Crippen molar-refractivity contribution in [1.29, 1.82) is 0 Å². The molecule has 29 heavy (non-hydrogen) atoms. The number of benzene rings is 2. The summed E-state index contributed by atoms with van der Waals surface area (Å²) in [5.74, 6) is 0.801. The van der Waals surface area contributed by atoms with E-state index in [1.807, 2.05) is 42.5 Å². The normalized spacial score (nSPS) is 26.3. The number of rotatable bonds is 4. The van der Waals surface area contributed by atoms with Gasteiger partial charge in [-0.1, -0.05) is 74.7 Å². The highest BCUT2D eigenvalue weighted by atomic mass is 35.5. The standard InChI is InChI=1S/C24H27ClN2O2/c1-15-8-7-13-21(16(15)2)26-23(28)22-18-10-4-5-11-19(18)24(29)27(22)14-17-9-3-6-12-20(17)25/h3-6,9-12,15-16,21-22H,7-8,13-14H2,1-2H3,(H,26,28)/t15-,16-,21+,22-/m1/s1. The van der Waals surface area contributed by atoms with Crippen molar-refractivity contribution in [3.63, 3.8) is 0 Å².